The van der Waals surface area contributed by atoms with Crippen molar-refractivity contribution in [1.82, 2.24) is 4.57 Å². The molecule has 3 heteroatoms. The van der Waals surface area contributed by atoms with Gasteiger partial charge in [0.25, 0.3) is 0 Å². The van der Waals surface area contributed by atoms with Gasteiger partial charge in [0.15, 0.2) is 0 Å². The van der Waals surface area contributed by atoms with Crippen LogP contribution >= 0.6 is 0 Å². The second-order valence-corrected chi connectivity index (χ2v) is 4.01. The van der Waals surface area contributed by atoms with Crippen molar-refractivity contribution in [3.63, 3.8) is 0 Å². The molecule has 0 aliphatic carbocycles. The Kier molecular flexibility index (Phi) is 5.35. The molecule has 0 aromatic carbocycles. The number of nitrogens with zero attached hydrogens (tertiary/aromatic N) is 2. The summed E-state index contributed by atoms with van der Waals surface area (Å²) in [6.45, 7) is 2.13. The molecule has 1 aromatic rings. The largest absolute Gasteiger partial charge is 0.295 e. The second kappa shape index (κ2) is 6.84. The number of nitriles is 1. The lowest BCUT2D eigenvalue weighted by molar-refractivity contribution is 0.0887. The molecule has 0 aliphatic rings. The molecule has 0 bridgehead atoms. The van der Waals surface area contributed by atoms with Crippen molar-refractivity contribution in [3.05, 3.63) is 24.5 Å². The average molecular weight is 218 g/mol. The SMILES string of the molecule is CCCCCC(C#N)CC(=O)n1cccc1. The van der Waals surface area contributed by atoms with E-state index in [9.17, 15) is 4.79 Å². The summed E-state index contributed by atoms with van der Waals surface area (Å²) >= 11 is 0. The lowest BCUT2D eigenvalue weighted by atomic mass is 9.99. The van der Waals surface area contributed by atoms with Crippen LogP contribution in [0.1, 0.15) is 43.8 Å². The smallest absolute Gasteiger partial charge is 0.231 e. The molecule has 0 saturated heterocycles. The van der Waals surface area contributed by atoms with Crippen LogP contribution in [0.5, 0.6) is 0 Å². The predicted molar refractivity (Wildman–Crippen MR) is 62.9 cm³/mol. The third-order valence-electron chi connectivity index (χ3n) is 2.65. The quantitative estimate of drug-likeness (QED) is 0.688. The molecule has 1 unspecified atom stereocenters. The number of carbonyl (C=O) groups excluding carboxylic acids is 1. The van der Waals surface area contributed by atoms with Gasteiger partial charge in [0.05, 0.1) is 12.0 Å². The third-order valence-corrected chi connectivity index (χ3v) is 2.65. The number of aromatic nitrogens is 1. The predicted octanol–water partition coefficient (Wildman–Crippen LogP) is 3.24. The van der Waals surface area contributed by atoms with Gasteiger partial charge in [0, 0.05) is 18.8 Å². The molecule has 0 radical (unpaired) electrons. The van der Waals surface area contributed by atoms with E-state index >= 15 is 0 Å². The highest BCUT2D eigenvalue weighted by Gasteiger charge is 2.13. The number of carbonyl (C=O) groups is 1. The first-order valence-corrected chi connectivity index (χ1v) is 5.83. The lowest BCUT2D eigenvalue weighted by Gasteiger charge is -2.08. The van der Waals surface area contributed by atoms with Crippen LogP contribution < -0.4 is 0 Å². The van der Waals surface area contributed by atoms with Crippen molar-refractivity contribution in [2.75, 3.05) is 0 Å². The third kappa shape index (κ3) is 3.90. The Balaban J connectivity index is 2.39. The topological polar surface area (TPSA) is 45.8 Å². The summed E-state index contributed by atoms with van der Waals surface area (Å²) in [5, 5.41) is 8.96. The molecule has 0 aliphatic heterocycles. The number of hydrogen-bond donors (Lipinski definition) is 0. The standard InChI is InChI=1S/C13H18N2O/c1-2-3-4-7-12(11-14)10-13(16)15-8-5-6-9-15/h5-6,8-9,12H,2-4,7,10H2,1H3. The summed E-state index contributed by atoms with van der Waals surface area (Å²) in [4.78, 5) is 11.7. The van der Waals surface area contributed by atoms with Crippen molar-refractivity contribution >= 4 is 5.91 Å². The van der Waals surface area contributed by atoms with Crippen LogP contribution in [0.25, 0.3) is 0 Å². The lowest BCUT2D eigenvalue weighted by Crippen LogP contribution is -2.13. The highest BCUT2D eigenvalue weighted by atomic mass is 16.1. The molecule has 0 fully saturated rings. The maximum Gasteiger partial charge on any atom is 0.231 e. The molecule has 0 amide bonds. The van der Waals surface area contributed by atoms with Crippen LogP contribution in [-0.4, -0.2) is 10.5 Å². The second-order valence-electron chi connectivity index (χ2n) is 4.01. The van der Waals surface area contributed by atoms with Gasteiger partial charge in [0.1, 0.15) is 0 Å². The van der Waals surface area contributed by atoms with Gasteiger partial charge in [-0.25, -0.2) is 0 Å². The minimum absolute atomic E-state index is 0.00745. The van der Waals surface area contributed by atoms with Gasteiger partial charge in [0.2, 0.25) is 5.91 Å². The summed E-state index contributed by atoms with van der Waals surface area (Å²) < 4.78 is 1.55. The van der Waals surface area contributed by atoms with Crippen LogP contribution in [-0.2, 0) is 0 Å². The van der Waals surface area contributed by atoms with Crippen LogP contribution in [0.4, 0.5) is 0 Å². The summed E-state index contributed by atoms with van der Waals surface area (Å²) in [6, 6.07) is 5.85. The molecule has 3 nitrogen and oxygen atoms in total. The fourth-order valence-corrected chi connectivity index (χ4v) is 1.67. The summed E-state index contributed by atoms with van der Waals surface area (Å²) in [5.74, 6) is -0.130. The zero-order chi connectivity index (χ0) is 11.8. The van der Waals surface area contributed by atoms with Gasteiger partial charge in [-0.2, -0.15) is 5.26 Å². The molecular formula is C13H18N2O. The van der Waals surface area contributed by atoms with E-state index in [1.54, 1.807) is 17.0 Å². The normalized spacial score (nSPS) is 12.0. The van der Waals surface area contributed by atoms with Crippen molar-refractivity contribution in [2.24, 2.45) is 5.92 Å². The first-order valence-electron chi connectivity index (χ1n) is 5.83. The summed E-state index contributed by atoms with van der Waals surface area (Å²) in [5.41, 5.74) is 0. The molecule has 1 heterocycles. The van der Waals surface area contributed by atoms with E-state index < -0.39 is 0 Å². The average Bonchev–Trinajstić information content (AvgIpc) is 2.81. The van der Waals surface area contributed by atoms with Crippen molar-refractivity contribution in [3.8, 4) is 6.07 Å². The molecular weight excluding hydrogens is 200 g/mol. The maximum absolute atomic E-state index is 11.7. The Morgan fingerprint density at radius 3 is 2.62 bits per heavy atom. The monoisotopic (exact) mass is 218 g/mol. The highest BCUT2D eigenvalue weighted by Crippen LogP contribution is 2.14. The Hall–Kier alpha value is -1.56. The molecule has 0 saturated carbocycles. The van der Waals surface area contributed by atoms with Crippen molar-refractivity contribution in [1.29, 1.82) is 5.26 Å². The first kappa shape index (κ1) is 12.5. The van der Waals surface area contributed by atoms with Gasteiger partial charge >= 0.3 is 0 Å². The minimum Gasteiger partial charge on any atom is -0.295 e. The van der Waals surface area contributed by atoms with Crippen LogP contribution in [0.3, 0.4) is 0 Å². The van der Waals surface area contributed by atoms with Gasteiger partial charge in [-0.3, -0.25) is 9.36 Å². The molecule has 1 atom stereocenters. The number of unbranched alkanes of at least 4 members (excludes halogenated alkanes) is 2. The molecule has 0 N–H and O–H groups in total. The van der Waals surface area contributed by atoms with E-state index in [2.05, 4.69) is 13.0 Å². The maximum atomic E-state index is 11.7. The van der Waals surface area contributed by atoms with E-state index in [-0.39, 0.29) is 11.8 Å². The zero-order valence-electron chi connectivity index (χ0n) is 9.72. The van der Waals surface area contributed by atoms with Crippen LogP contribution in [0, 0.1) is 17.2 Å². The molecule has 16 heavy (non-hydrogen) atoms. The zero-order valence-corrected chi connectivity index (χ0v) is 9.72. The first-order chi connectivity index (χ1) is 7.77. The van der Waals surface area contributed by atoms with Gasteiger partial charge in [-0.05, 0) is 18.6 Å². The number of rotatable bonds is 6. The summed E-state index contributed by atoms with van der Waals surface area (Å²) in [6.07, 6.45) is 7.92. The fraction of sp³-hybridized carbons (Fsp3) is 0.538. The van der Waals surface area contributed by atoms with E-state index in [4.69, 9.17) is 5.26 Å². The van der Waals surface area contributed by atoms with E-state index in [1.807, 2.05) is 12.1 Å². The molecule has 1 rings (SSSR count). The summed E-state index contributed by atoms with van der Waals surface area (Å²) in [7, 11) is 0. The van der Waals surface area contributed by atoms with Crippen LogP contribution in [0.15, 0.2) is 24.5 Å². The minimum atomic E-state index is -0.138. The van der Waals surface area contributed by atoms with E-state index in [0.29, 0.717) is 6.42 Å². The highest BCUT2D eigenvalue weighted by molar-refractivity contribution is 5.79. The Morgan fingerprint density at radius 1 is 1.38 bits per heavy atom. The van der Waals surface area contributed by atoms with Gasteiger partial charge in [-0.1, -0.05) is 26.2 Å². The Labute approximate surface area is 96.7 Å². The van der Waals surface area contributed by atoms with Crippen molar-refractivity contribution < 1.29 is 4.79 Å². The molecule has 1 aromatic heterocycles. The number of hydrogen-bond acceptors (Lipinski definition) is 2. The van der Waals surface area contributed by atoms with Gasteiger partial charge in [-0.15, -0.1) is 0 Å². The fourth-order valence-electron chi connectivity index (χ4n) is 1.67. The van der Waals surface area contributed by atoms with Gasteiger partial charge < -0.3 is 0 Å². The van der Waals surface area contributed by atoms with E-state index in [1.165, 1.54) is 0 Å². The molecule has 86 valence electrons. The Bertz CT molecular complexity index is 349. The molecule has 0 spiro atoms. The van der Waals surface area contributed by atoms with Crippen LogP contribution in [0.2, 0.25) is 0 Å². The Morgan fingerprint density at radius 2 is 2.06 bits per heavy atom. The van der Waals surface area contributed by atoms with Crippen molar-refractivity contribution in [2.45, 2.75) is 39.0 Å². The van der Waals surface area contributed by atoms with E-state index in [0.717, 1.165) is 25.7 Å².